The molecule has 9 nitrogen and oxygen atoms in total. The second kappa shape index (κ2) is 11.0. The molecule has 1 aromatic heterocycles. The van der Waals surface area contributed by atoms with Gasteiger partial charge in [0.15, 0.2) is 11.0 Å². The predicted octanol–water partition coefficient (Wildman–Crippen LogP) is 2.67. The lowest BCUT2D eigenvalue weighted by Crippen LogP contribution is -2.32. The van der Waals surface area contributed by atoms with Crippen LogP contribution in [0.2, 0.25) is 5.02 Å². The standard InChI is InChI=1S/C21H22ClN5O4S/c1-27-19(17(11-28)24-20(30)13-7-9-14(31-2)10-8-13)25-26-21(27)32-12-18(29)23-16-6-4-3-5-15(16)22/h3-10,17,28H,11-12H2,1-2H3,(H,23,29)(H,24,30)/t17-/m0/s1. The number of carbonyl (C=O) groups excluding carboxylic acids is 2. The van der Waals surface area contributed by atoms with Crippen LogP contribution in [0.3, 0.4) is 0 Å². The van der Waals surface area contributed by atoms with Crippen LogP contribution in [0.1, 0.15) is 22.2 Å². The zero-order chi connectivity index (χ0) is 23.1. The first-order chi connectivity index (χ1) is 15.4. The molecule has 32 heavy (non-hydrogen) atoms. The molecule has 2 amide bonds. The molecule has 1 heterocycles. The number of thioether (sulfide) groups is 1. The molecule has 1 atom stereocenters. The van der Waals surface area contributed by atoms with E-state index in [-0.39, 0.29) is 24.2 Å². The molecule has 0 radical (unpaired) electrons. The molecule has 0 saturated heterocycles. The monoisotopic (exact) mass is 475 g/mol. The van der Waals surface area contributed by atoms with Gasteiger partial charge in [0, 0.05) is 12.6 Å². The van der Waals surface area contributed by atoms with E-state index in [0.717, 1.165) is 0 Å². The number of ether oxygens (including phenoxy) is 1. The fourth-order valence-electron chi connectivity index (χ4n) is 2.81. The summed E-state index contributed by atoms with van der Waals surface area (Å²) in [7, 11) is 3.24. The van der Waals surface area contributed by atoms with Crippen LogP contribution in [0.4, 0.5) is 5.69 Å². The SMILES string of the molecule is COc1ccc(C(=O)N[C@@H](CO)c2nnc(SCC(=O)Nc3ccccc3Cl)n2C)cc1. The van der Waals surface area contributed by atoms with Gasteiger partial charge in [-0.2, -0.15) is 0 Å². The molecular weight excluding hydrogens is 454 g/mol. The highest BCUT2D eigenvalue weighted by atomic mass is 35.5. The molecule has 0 unspecified atom stereocenters. The summed E-state index contributed by atoms with van der Waals surface area (Å²) < 4.78 is 6.71. The van der Waals surface area contributed by atoms with Crippen LogP contribution < -0.4 is 15.4 Å². The van der Waals surface area contributed by atoms with E-state index >= 15 is 0 Å². The largest absolute Gasteiger partial charge is 0.497 e. The Morgan fingerprint density at radius 2 is 1.91 bits per heavy atom. The average molecular weight is 476 g/mol. The first-order valence-corrected chi connectivity index (χ1v) is 10.9. The number of carbonyl (C=O) groups is 2. The molecule has 0 aliphatic heterocycles. The first kappa shape index (κ1) is 23.6. The highest BCUT2D eigenvalue weighted by Crippen LogP contribution is 2.23. The summed E-state index contributed by atoms with van der Waals surface area (Å²) in [6.07, 6.45) is 0. The van der Waals surface area contributed by atoms with Crippen LogP contribution in [-0.2, 0) is 11.8 Å². The van der Waals surface area contributed by atoms with E-state index < -0.39 is 6.04 Å². The molecule has 3 aromatic rings. The molecule has 0 aliphatic rings. The molecule has 0 saturated carbocycles. The molecule has 0 fully saturated rings. The summed E-state index contributed by atoms with van der Waals surface area (Å²) in [5.41, 5.74) is 0.942. The fourth-order valence-corrected chi connectivity index (χ4v) is 3.71. The Balaban J connectivity index is 1.62. The maximum absolute atomic E-state index is 12.5. The lowest BCUT2D eigenvalue weighted by Gasteiger charge is -2.16. The number of nitrogens with one attached hydrogen (secondary N) is 2. The Hall–Kier alpha value is -3.08. The lowest BCUT2D eigenvalue weighted by molar-refractivity contribution is -0.113. The fraction of sp³-hybridized carbons (Fsp3) is 0.238. The number of methoxy groups -OCH3 is 1. The van der Waals surface area contributed by atoms with Gasteiger partial charge in [0.05, 0.1) is 30.2 Å². The normalized spacial score (nSPS) is 11.6. The van der Waals surface area contributed by atoms with Gasteiger partial charge in [0.2, 0.25) is 5.91 Å². The second-order valence-corrected chi connectivity index (χ2v) is 8.00. The zero-order valence-electron chi connectivity index (χ0n) is 17.4. The van der Waals surface area contributed by atoms with E-state index in [4.69, 9.17) is 16.3 Å². The van der Waals surface area contributed by atoms with Gasteiger partial charge < -0.3 is 25.0 Å². The van der Waals surface area contributed by atoms with Crippen molar-refractivity contribution >= 4 is 40.9 Å². The highest BCUT2D eigenvalue weighted by molar-refractivity contribution is 7.99. The molecule has 3 rings (SSSR count). The van der Waals surface area contributed by atoms with Gasteiger partial charge in [-0.05, 0) is 36.4 Å². The number of para-hydroxylation sites is 1. The number of nitrogens with zero attached hydrogens (tertiary/aromatic N) is 3. The van der Waals surface area contributed by atoms with Crippen molar-refractivity contribution in [3.05, 3.63) is 64.9 Å². The third-order valence-electron chi connectivity index (χ3n) is 4.50. The Bertz CT molecular complexity index is 1090. The van der Waals surface area contributed by atoms with Gasteiger partial charge in [-0.15, -0.1) is 10.2 Å². The minimum Gasteiger partial charge on any atom is -0.497 e. The molecule has 3 N–H and O–H groups in total. The summed E-state index contributed by atoms with van der Waals surface area (Å²) in [5.74, 6) is 0.457. The summed E-state index contributed by atoms with van der Waals surface area (Å²) in [6, 6.07) is 12.8. The maximum atomic E-state index is 12.5. The van der Waals surface area contributed by atoms with Crippen molar-refractivity contribution in [3.8, 4) is 5.75 Å². The van der Waals surface area contributed by atoms with Crippen LogP contribution in [0.15, 0.2) is 53.7 Å². The molecular formula is C21H22ClN5O4S. The minimum absolute atomic E-state index is 0.0825. The minimum atomic E-state index is -0.770. The van der Waals surface area contributed by atoms with Gasteiger partial charge in [0.25, 0.3) is 5.91 Å². The Kier molecular flexibility index (Phi) is 8.09. The smallest absolute Gasteiger partial charge is 0.251 e. The van der Waals surface area contributed by atoms with E-state index in [9.17, 15) is 14.7 Å². The Morgan fingerprint density at radius 1 is 1.19 bits per heavy atom. The van der Waals surface area contributed by atoms with Crippen LogP contribution in [0.25, 0.3) is 0 Å². The van der Waals surface area contributed by atoms with Crippen LogP contribution in [0.5, 0.6) is 5.75 Å². The first-order valence-electron chi connectivity index (χ1n) is 9.55. The van der Waals surface area contributed by atoms with E-state index in [1.54, 1.807) is 67.3 Å². The Morgan fingerprint density at radius 3 is 2.56 bits per heavy atom. The summed E-state index contributed by atoms with van der Waals surface area (Å²) in [6.45, 7) is -0.370. The van der Waals surface area contributed by atoms with Crippen molar-refractivity contribution in [3.63, 3.8) is 0 Å². The third-order valence-corrected chi connectivity index (χ3v) is 5.85. The second-order valence-electron chi connectivity index (χ2n) is 6.65. The molecule has 0 bridgehead atoms. The van der Waals surface area contributed by atoms with E-state index in [2.05, 4.69) is 20.8 Å². The summed E-state index contributed by atoms with van der Waals surface area (Å²) in [5, 5.41) is 24.3. The van der Waals surface area contributed by atoms with Crippen LogP contribution in [-0.4, -0.2) is 51.2 Å². The van der Waals surface area contributed by atoms with Crippen LogP contribution in [0, 0.1) is 0 Å². The molecule has 0 spiro atoms. The molecule has 2 aromatic carbocycles. The van der Waals surface area contributed by atoms with Gasteiger partial charge in [-0.1, -0.05) is 35.5 Å². The number of aromatic nitrogens is 3. The number of rotatable bonds is 9. The molecule has 0 aliphatic carbocycles. The maximum Gasteiger partial charge on any atom is 0.251 e. The van der Waals surface area contributed by atoms with E-state index in [1.165, 1.54) is 11.8 Å². The van der Waals surface area contributed by atoms with Gasteiger partial charge >= 0.3 is 0 Å². The van der Waals surface area contributed by atoms with Gasteiger partial charge in [0.1, 0.15) is 11.8 Å². The zero-order valence-corrected chi connectivity index (χ0v) is 19.0. The van der Waals surface area contributed by atoms with Crippen molar-refractivity contribution in [2.45, 2.75) is 11.2 Å². The van der Waals surface area contributed by atoms with Crippen molar-refractivity contribution in [2.24, 2.45) is 7.05 Å². The van der Waals surface area contributed by atoms with Crippen molar-refractivity contribution in [1.29, 1.82) is 0 Å². The topological polar surface area (TPSA) is 118 Å². The number of aliphatic hydroxyl groups excluding tert-OH is 1. The van der Waals surface area contributed by atoms with Crippen molar-refractivity contribution in [1.82, 2.24) is 20.1 Å². The molecule has 11 heteroatoms. The number of benzene rings is 2. The Labute approximate surface area is 194 Å². The van der Waals surface area contributed by atoms with Crippen molar-refractivity contribution in [2.75, 3.05) is 24.8 Å². The molecule has 168 valence electrons. The predicted molar refractivity (Wildman–Crippen MR) is 122 cm³/mol. The third kappa shape index (κ3) is 5.78. The lowest BCUT2D eigenvalue weighted by atomic mass is 10.2. The average Bonchev–Trinajstić information content (AvgIpc) is 3.17. The van der Waals surface area contributed by atoms with Gasteiger partial charge in [-0.25, -0.2) is 0 Å². The summed E-state index contributed by atoms with van der Waals surface area (Å²) in [4.78, 5) is 24.8. The number of hydrogen-bond acceptors (Lipinski definition) is 7. The van der Waals surface area contributed by atoms with E-state index in [1.807, 2.05) is 0 Å². The number of anilines is 1. The summed E-state index contributed by atoms with van der Waals surface area (Å²) >= 11 is 7.23. The van der Waals surface area contributed by atoms with Gasteiger partial charge in [-0.3, -0.25) is 9.59 Å². The number of halogens is 1. The van der Waals surface area contributed by atoms with Crippen LogP contribution >= 0.6 is 23.4 Å². The number of aliphatic hydroxyl groups is 1. The highest BCUT2D eigenvalue weighted by Gasteiger charge is 2.22. The number of amides is 2. The van der Waals surface area contributed by atoms with Crippen molar-refractivity contribution < 1.29 is 19.4 Å². The number of hydrogen-bond donors (Lipinski definition) is 3. The quantitative estimate of drug-likeness (QED) is 0.407. The van der Waals surface area contributed by atoms with E-state index in [0.29, 0.717) is 33.0 Å².